The van der Waals surface area contributed by atoms with E-state index in [-0.39, 0.29) is 11.9 Å². The van der Waals surface area contributed by atoms with Crippen molar-refractivity contribution < 1.29 is 14.3 Å². The standard InChI is InChI=1S/C13H17Br2NO3/c1-18-8-9(5-6-14)16-13(17)11-7-10(19-2)3-4-12(11)15/h3-4,7,9H,5-6,8H2,1-2H3,(H,16,17). The number of alkyl halides is 1. The molecule has 0 fully saturated rings. The second kappa shape index (κ2) is 8.55. The molecular weight excluding hydrogens is 378 g/mol. The molecule has 6 heteroatoms. The molecule has 1 unspecified atom stereocenters. The lowest BCUT2D eigenvalue weighted by molar-refractivity contribution is 0.0894. The van der Waals surface area contributed by atoms with Crippen LogP contribution in [0.25, 0.3) is 0 Å². The average molecular weight is 395 g/mol. The number of ether oxygens (including phenoxy) is 2. The zero-order valence-electron chi connectivity index (χ0n) is 10.9. The van der Waals surface area contributed by atoms with Crippen molar-refractivity contribution in [2.75, 3.05) is 26.2 Å². The van der Waals surface area contributed by atoms with E-state index in [2.05, 4.69) is 37.2 Å². The number of hydrogen-bond acceptors (Lipinski definition) is 3. The molecule has 1 rings (SSSR count). The largest absolute Gasteiger partial charge is 0.497 e. The van der Waals surface area contributed by atoms with E-state index >= 15 is 0 Å². The fourth-order valence-electron chi connectivity index (χ4n) is 1.60. The molecule has 0 radical (unpaired) electrons. The number of nitrogens with one attached hydrogen (secondary N) is 1. The number of benzene rings is 1. The van der Waals surface area contributed by atoms with Gasteiger partial charge in [0.15, 0.2) is 0 Å². The number of methoxy groups -OCH3 is 2. The SMILES string of the molecule is COCC(CCBr)NC(=O)c1cc(OC)ccc1Br. The quantitative estimate of drug-likeness (QED) is 0.723. The molecule has 0 bridgehead atoms. The lowest BCUT2D eigenvalue weighted by Gasteiger charge is -2.17. The van der Waals surface area contributed by atoms with Crippen molar-refractivity contribution in [1.29, 1.82) is 0 Å². The Morgan fingerprint density at radius 2 is 2.16 bits per heavy atom. The van der Waals surface area contributed by atoms with Gasteiger partial charge in [-0.25, -0.2) is 0 Å². The lowest BCUT2D eigenvalue weighted by Crippen LogP contribution is -2.38. The number of halogens is 2. The summed E-state index contributed by atoms with van der Waals surface area (Å²) in [5, 5.41) is 3.75. The first-order valence-corrected chi connectivity index (χ1v) is 7.73. The number of hydrogen-bond donors (Lipinski definition) is 1. The van der Waals surface area contributed by atoms with Gasteiger partial charge in [0.1, 0.15) is 5.75 Å². The van der Waals surface area contributed by atoms with Crippen molar-refractivity contribution in [3.63, 3.8) is 0 Å². The normalized spacial score (nSPS) is 12.0. The van der Waals surface area contributed by atoms with Crippen LogP contribution in [0.4, 0.5) is 0 Å². The molecule has 0 saturated heterocycles. The van der Waals surface area contributed by atoms with Crippen LogP contribution in [-0.2, 0) is 4.74 Å². The summed E-state index contributed by atoms with van der Waals surface area (Å²) < 4.78 is 11.0. The van der Waals surface area contributed by atoms with Crippen LogP contribution < -0.4 is 10.1 Å². The molecule has 0 heterocycles. The molecule has 0 aromatic heterocycles. The van der Waals surface area contributed by atoms with Crippen LogP contribution in [0, 0.1) is 0 Å². The summed E-state index contributed by atoms with van der Waals surface area (Å²) in [5.41, 5.74) is 0.551. The molecule has 0 aliphatic carbocycles. The first kappa shape index (κ1) is 16.5. The van der Waals surface area contributed by atoms with Gasteiger partial charge in [-0.2, -0.15) is 0 Å². The van der Waals surface area contributed by atoms with Crippen molar-refractivity contribution in [2.24, 2.45) is 0 Å². The van der Waals surface area contributed by atoms with Gasteiger partial charge in [-0.05, 0) is 40.5 Å². The van der Waals surface area contributed by atoms with Gasteiger partial charge >= 0.3 is 0 Å². The number of carbonyl (C=O) groups is 1. The van der Waals surface area contributed by atoms with E-state index in [1.54, 1.807) is 32.4 Å². The van der Waals surface area contributed by atoms with E-state index in [4.69, 9.17) is 9.47 Å². The van der Waals surface area contributed by atoms with Gasteiger partial charge in [-0.1, -0.05) is 15.9 Å². The highest BCUT2D eigenvalue weighted by atomic mass is 79.9. The minimum atomic E-state index is -0.145. The van der Waals surface area contributed by atoms with E-state index in [1.165, 1.54) is 0 Å². The van der Waals surface area contributed by atoms with Crippen LogP contribution in [0.15, 0.2) is 22.7 Å². The molecule has 19 heavy (non-hydrogen) atoms. The molecule has 1 N–H and O–H groups in total. The maximum atomic E-state index is 12.2. The van der Waals surface area contributed by atoms with Crippen molar-refractivity contribution in [1.82, 2.24) is 5.32 Å². The van der Waals surface area contributed by atoms with Crippen LogP contribution in [0.2, 0.25) is 0 Å². The fourth-order valence-corrected chi connectivity index (χ4v) is 2.58. The zero-order valence-corrected chi connectivity index (χ0v) is 14.1. The second-order valence-corrected chi connectivity index (χ2v) is 5.60. The maximum Gasteiger partial charge on any atom is 0.252 e. The molecule has 1 amide bonds. The molecular formula is C13H17Br2NO3. The summed E-state index contributed by atoms with van der Waals surface area (Å²) in [7, 11) is 3.19. The monoisotopic (exact) mass is 393 g/mol. The summed E-state index contributed by atoms with van der Waals surface area (Å²) in [5.74, 6) is 0.505. The van der Waals surface area contributed by atoms with Crippen molar-refractivity contribution >= 4 is 37.8 Å². The number of amides is 1. The Kier molecular flexibility index (Phi) is 7.41. The Labute approximate surface area is 130 Å². The Bertz CT molecular complexity index is 420. The van der Waals surface area contributed by atoms with E-state index < -0.39 is 0 Å². The summed E-state index contributed by atoms with van der Waals surface area (Å²) in [4.78, 5) is 12.2. The van der Waals surface area contributed by atoms with Gasteiger partial charge in [0, 0.05) is 16.9 Å². The smallest absolute Gasteiger partial charge is 0.252 e. The molecule has 0 saturated carbocycles. The molecule has 1 atom stereocenters. The Balaban J connectivity index is 2.81. The van der Waals surface area contributed by atoms with Gasteiger partial charge in [0.05, 0.1) is 25.3 Å². The highest BCUT2D eigenvalue weighted by molar-refractivity contribution is 9.10. The predicted molar refractivity (Wildman–Crippen MR) is 82.2 cm³/mol. The fraction of sp³-hybridized carbons (Fsp3) is 0.462. The van der Waals surface area contributed by atoms with Gasteiger partial charge in [0.2, 0.25) is 0 Å². The summed E-state index contributed by atoms with van der Waals surface area (Å²) in [6.07, 6.45) is 0.807. The van der Waals surface area contributed by atoms with Gasteiger partial charge in [-0.15, -0.1) is 0 Å². The Hall–Kier alpha value is -0.590. The molecule has 0 aliphatic rings. The molecule has 1 aromatic rings. The number of carbonyl (C=O) groups excluding carboxylic acids is 1. The van der Waals surface area contributed by atoms with E-state index in [0.717, 1.165) is 16.2 Å². The van der Waals surface area contributed by atoms with Crippen LogP contribution in [0.1, 0.15) is 16.8 Å². The molecule has 106 valence electrons. The maximum absolute atomic E-state index is 12.2. The third-order valence-corrected chi connectivity index (χ3v) is 3.73. The average Bonchev–Trinajstić information content (AvgIpc) is 2.39. The minimum Gasteiger partial charge on any atom is -0.497 e. The second-order valence-electron chi connectivity index (χ2n) is 3.95. The van der Waals surface area contributed by atoms with Gasteiger partial charge in [-0.3, -0.25) is 4.79 Å². The third-order valence-electron chi connectivity index (χ3n) is 2.58. The van der Waals surface area contributed by atoms with Gasteiger partial charge in [0.25, 0.3) is 5.91 Å². The highest BCUT2D eigenvalue weighted by Gasteiger charge is 2.16. The highest BCUT2D eigenvalue weighted by Crippen LogP contribution is 2.22. The molecule has 0 spiro atoms. The third kappa shape index (κ3) is 5.12. The predicted octanol–water partition coefficient (Wildman–Crippen LogP) is 2.99. The molecule has 0 aliphatic heterocycles. The Morgan fingerprint density at radius 1 is 1.42 bits per heavy atom. The first-order chi connectivity index (χ1) is 9.12. The van der Waals surface area contributed by atoms with Crippen LogP contribution in [-0.4, -0.2) is 38.1 Å². The topological polar surface area (TPSA) is 47.6 Å². The van der Waals surface area contributed by atoms with E-state index in [0.29, 0.717) is 17.9 Å². The zero-order chi connectivity index (χ0) is 14.3. The Morgan fingerprint density at radius 3 is 2.74 bits per heavy atom. The van der Waals surface area contributed by atoms with Crippen LogP contribution in [0.3, 0.4) is 0 Å². The van der Waals surface area contributed by atoms with Crippen molar-refractivity contribution in [3.05, 3.63) is 28.2 Å². The van der Waals surface area contributed by atoms with Crippen LogP contribution >= 0.6 is 31.9 Å². The van der Waals surface area contributed by atoms with Crippen molar-refractivity contribution in [2.45, 2.75) is 12.5 Å². The number of rotatable bonds is 7. The van der Waals surface area contributed by atoms with E-state index in [9.17, 15) is 4.79 Å². The molecule has 1 aromatic carbocycles. The lowest BCUT2D eigenvalue weighted by atomic mass is 10.1. The summed E-state index contributed by atoms with van der Waals surface area (Å²) >= 11 is 6.74. The van der Waals surface area contributed by atoms with Gasteiger partial charge < -0.3 is 14.8 Å². The van der Waals surface area contributed by atoms with E-state index in [1.807, 2.05) is 0 Å². The van der Waals surface area contributed by atoms with Crippen molar-refractivity contribution in [3.8, 4) is 5.75 Å². The summed E-state index contributed by atoms with van der Waals surface area (Å²) in [6.45, 7) is 0.485. The summed E-state index contributed by atoms with van der Waals surface area (Å²) in [6, 6.07) is 5.28. The van der Waals surface area contributed by atoms with Crippen LogP contribution in [0.5, 0.6) is 5.75 Å². The minimum absolute atomic E-state index is 0.0185. The first-order valence-electron chi connectivity index (χ1n) is 5.81. The molecule has 4 nitrogen and oxygen atoms in total.